The topological polar surface area (TPSA) is 70.2 Å². The summed E-state index contributed by atoms with van der Waals surface area (Å²) >= 11 is 0. The number of nitrogens with one attached hydrogen (secondary N) is 3. The van der Waals surface area contributed by atoms with Crippen molar-refractivity contribution in [2.75, 3.05) is 26.2 Å². The van der Waals surface area contributed by atoms with Gasteiger partial charge >= 0.3 is 0 Å². The molecule has 20 heavy (non-hydrogen) atoms. The molecule has 0 aromatic carbocycles. The quantitative estimate of drug-likeness (QED) is 0.591. The second-order valence-corrected chi connectivity index (χ2v) is 5.19. The van der Waals surface area contributed by atoms with E-state index in [-0.39, 0.29) is 30.8 Å². The first-order valence-electron chi connectivity index (χ1n) is 7.46. The minimum Gasteiger partial charge on any atom is -0.353 e. The summed E-state index contributed by atoms with van der Waals surface area (Å²) in [5, 5.41) is 8.58. The molecule has 0 aliphatic heterocycles. The minimum absolute atomic E-state index is 0. The predicted molar refractivity (Wildman–Crippen MR) is 83.0 cm³/mol. The van der Waals surface area contributed by atoms with Crippen LogP contribution >= 0.6 is 12.4 Å². The third-order valence-electron chi connectivity index (χ3n) is 3.52. The van der Waals surface area contributed by atoms with Crippen LogP contribution in [0.2, 0.25) is 0 Å². The molecule has 0 radical (unpaired) electrons. The molecule has 0 heterocycles. The number of hydrogen-bond acceptors (Lipinski definition) is 3. The maximum atomic E-state index is 11.7. The average Bonchev–Trinajstić information content (AvgIpc) is 2.42. The second kappa shape index (κ2) is 12.0. The maximum absolute atomic E-state index is 11.7. The highest BCUT2D eigenvalue weighted by Crippen LogP contribution is 2.25. The predicted octanol–water partition coefficient (Wildman–Crippen LogP) is 1.22. The maximum Gasteiger partial charge on any atom is 0.239 e. The van der Waals surface area contributed by atoms with Crippen LogP contribution < -0.4 is 16.0 Å². The first-order chi connectivity index (χ1) is 9.22. The zero-order valence-corrected chi connectivity index (χ0v) is 13.2. The van der Waals surface area contributed by atoms with Crippen molar-refractivity contribution >= 4 is 24.2 Å². The normalized spacial score (nSPS) is 15.2. The first-order valence-corrected chi connectivity index (χ1v) is 7.46. The average molecular weight is 306 g/mol. The van der Waals surface area contributed by atoms with E-state index in [2.05, 4.69) is 16.0 Å². The molecule has 1 fully saturated rings. The summed E-state index contributed by atoms with van der Waals surface area (Å²) in [4.78, 5) is 23.1. The molecule has 1 saturated carbocycles. The van der Waals surface area contributed by atoms with Gasteiger partial charge in [-0.3, -0.25) is 9.59 Å². The van der Waals surface area contributed by atoms with Crippen LogP contribution in [0.4, 0.5) is 0 Å². The van der Waals surface area contributed by atoms with Crippen LogP contribution in [0, 0.1) is 5.92 Å². The molecule has 0 aromatic heterocycles. The summed E-state index contributed by atoms with van der Waals surface area (Å²) in [7, 11) is 0. The summed E-state index contributed by atoms with van der Waals surface area (Å²) in [6, 6.07) is 0. The van der Waals surface area contributed by atoms with Gasteiger partial charge in [-0.25, -0.2) is 0 Å². The van der Waals surface area contributed by atoms with Gasteiger partial charge in [-0.05, 0) is 25.3 Å². The zero-order valence-electron chi connectivity index (χ0n) is 12.4. The molecule has 6 heteroatoms. The lowest BCUT2D eigenvalue weighted by Gasteiger charge is -2.20. The molecule has 0 bridgehead atoms. The molecular weight excluding hydrogens is 278 g/mol. The molecule has 0 saturated heterocycles. The monoisotopic (exact) mass is 305 g/mol. The van der Waals surface area contributed by atoms with Gasteiger partial charge in [0.2, 0.25) is 11.8 Å². The van der Waals surface area contributed by atoms with E-state index in [1.54, 1.807) is 0 Å². The molecule has 1 aliphatic carbocycles. The Kier molecular flexibility index (Phi) is 11.5. The summed E-state index contributed by atoms with van der Waals surface area (Å²) < 4.78 is 0. The van der Waals surface area contributed by atoms with Crippen molar-refractivity contribution < 1.29 is 9.59 Å². The van der Waals surface area contributed by atoms with Gasteiger partial charge in [0, 0.05) is 19.5 Å². The molecule has 1 rings (SSSR count). The molecule has 118 valence electrons. The van der Waals surface area contributed by atoms with Gasteiger partial charge in [0.25, 0.3) is 0 Å². The molecule has 0 atom stereocenters. The molecule has 1 aliphatic rings. The molecule has 3 N–H and O–H groups in total. The van der Waals surface area contributed by atoms with Crippen LogP contribution in [-0.2, 0) is 9.59 Å². The Balaban J connectivity index is 0.00000361. The highest BCUT2D eigenvalue weighted by atomic mass is 35.5. The van der Waals surface area contributed by atoms with E-state index >= 15 is 0 Å². The van der Waals surface area contributed by atoms with Crippen molar-refractivity contribution in [1.82, 2.24) is 16.0 Å². The Hall–Kier alpha value is -0.810. The van der Waals surface area contributed by atoms with Crippen molar-refractivity contribution in [1.29, 1.82) is 0 Å². The third kappa shape index (κ3) is 9.15. The van der Waals surface area contributed by atoms with E-state index in [0.29, 0.717) is 18.9 Å². The molecule has 0 unspecified atom stereocenters. The number of amides is 2. The standard InChI is InChI=1S/C14H27N3O2.ClH/c1-2-15-8-9-16-14(19)11-17-13(18)10-12-6-4-3-5-7-12;/h12,15H,2-11H2,1H3,(H,16,19)(H,17,18);1H. The van der Waals surface area contributed by atoms with E-state index < -0.39 is 0 Å². The van der Waals surface area contributed by atoms with Gasteiger partial charge in [-0.15, -0.1) is 12.4 Å². The third-order valence-corrected chi connectivity index (χ3v) is 3.52. The molecule has 5 nitrogen and oxygen atoms in total. The fourth-order valence-electron chi connectivity index (χ4n) is 2.43. The Morgan fingerprint density at radius 2 is 1.70 bits per heavy atom. The van der Waals surface area contributed by atoms with Crippen LogP contribution in [0.3, 0.4) is 0 Å². The van der Waals surface area contributed by atoms with Gasteiger partial charge in [0.05, 0.1) is 6.54 Å². The lowest BCUT2D eigenvalue weighted by Crippen LogP contribution is -2.40. The highest BCUT2D eigenvalue weighted by Gasteiger charge is 2.17. The number of carbonyl (C=O) groups is 2. The summed E-state index contributed by atoms with van der Waals surface area (Å²) in [5.41, 5.74) is 0. The SMILES string of the molecule is CCNCCNC(=O)CNC(=O)CC1CCCCC1.Cl. The largest absolute Gasteiger partial charge is 0.353 e. The number of rotatable bonds is 8. The van der Waals surface area contributed by atoms with Crippen molar-refractivity contribution in [2.45, 2.75) is 45.4 Å². The lowest BCUT2D eigenvalue weighted by molar-refractivity contribution is -0.126. The number of halogens is 1. The summed E-state index contributed by atoms with van der Waals surface area (Å²) in [5.74, 6) is 0.411. The zero-order chi connectivity index (χ0) is 13.9. The Bertz CT molecular complexity index is 282. The van der Waals surface area contributed by atoms with Crippen molar-refractivity contribution in [2.24, 2.45) is 5.92 Å². The first kappa shape index (κ1) is 19.2. The Morgan fingerprint density at radius 1 is 1.00 bits per heavy atom. The minimum atomic E-state index is -0.116. The van der Waals surface area contributed by atoms with Crippen LogP contribution in [0.1, 0.15) is 45.4 Å². The smallest absolute Gasteiger partial charge is 0.239 e. The van der Waals surface area contributed by atoms with Gasteiger partial charge < -0.3 is 16.0 Å². The molecular formula is C14H28ClN3O2. The van der Waals surface area contributed by atoms with Gasteiger partial charge in [0.1, 0.15) is 0 Å². The van der Waals surface area contributed by atoms with E-state index in [0.717, 1.165) is 25.9 Å². The van der Waals surface area contributed by atoms with Crippen molar-refractivity contribution in [3.63, 3.8) is 0 Å². The van der Waals surface area contributed by atoms with Gasteiger partial charge in [-0.1, -0.05) is 26.2 Å². The van der Waals surface area contributed by atoms with Gasteiger partial charge in [-0.2, -0.15) is 0 Å². The Labute approximate surface area is 128 Å². The molecule has 0 aromatic rings. The summed E-state index contributed by atoms with van der Waals surface area (Å²) in [6.07, 6.45) is 6.66. The van der Waals surface area contributed by atoms with Crippen LogP contribution in [-0.4, -0.2) is 38.0 Å². The molecule has 0 spiro atoms. The lowest BCUT2D eigenvalue weighted by atomic mass is 9.87. The van der Waals surface area contributed by atoms with E-state index in [1.807, 2.05) is 6.92 Å². The number of likely N-dealkylation sites (N-methyl/N-ethyl adjacent to an activating group) is 1. The van der Waals surface area contributed by atoms with Crippen LogP contribution in [0.15, 0.2) is 0 Å². The van der Waals surface area contributed by atoms with Crippen molar-refractivity contribution in [3.05, 3.63) is 0 Å². The van der Waals surface area contributed by atoms with Gasteiger partial charge in [0.15, 0.2) is 0 Å². The number of carbonyl (C=O) groups excluding carboxylic acids is 2. The number of hydrogen-bond donors (Lipinski definition) is 3. The van der Waals surface area contributed by atoms with Crippen LogP contribution in [0.5, 0.6) is 0 Å². The highest BCUT2D eigenvalue weighted by molar-refractivity contribution is 5.85. The van der Waals surface area contributed by atoms with Crippen LogP contribution in [0.25, 0.3) is 0 Å². The second-order valence-electron chi connectivity index (χ2n) is 5.19. The van der Waals surface area contributed by atoms with Crippen molar-refractivity contribution in [3.8, 4) is 0 Å². The summed E-state index contributed by atoms with van der Waals surface area (Å²) in [6.45, 7) is 4.38. The van der Waals surface area contributed by atoms with E-state index in [9.17, 15) is 9.59 Å². The fourth-order valence-corrected chi connectivity index (χ4v) is 2.43. The Morgan fingerprint density at radius 3 is 2.35 bits per heavy atom. The van der Waals surface area contributed by atoms with E-state index in [4.69, 9.17) is 0 Å². The fraction of sp³-hybridized carbons (Fsp3) is 0.857. The molecule has 2 amide bonds. The van der Waals surface area contributed by atoms with E-state index in [1.165, 1.54) is 19.3 Å².